The monoisotopic (exact) mass is 367 g/mol. The maximum absolute atomic E-state index is 13.2. The van der Waals surface area contributed by atoms with Gasteiger partial charge in [0, 0.05) is 16.3 Å². The largest absolute Gasteiger partial charge is 0.467 e. The predicted molar refractivity (Wildman–Crippen MR) is 106 cm³/mol. The van der Waals surface area contributed by atoms with Gasteiger partial charge in [0.2, 0.25) is 0 Å². The quantitative estimate of drug-likeness (QED) is 0.560. The van der Waals surface area contributed by atoms with Crippen LogP contribution in [0.2, 0.25) is 5.02 Å². The Morgan fingerprint density at radius 1 is 1.00 bits per heavy atom. The Bertz CT molecular complexity index is 860. The van der Waals surface area contributed by atoms with Crippen molar-refractivity contribution in [2.45, 2.75) is 32.7 Å². The molecule has 0 saturated carbocycles. The summed E-state index contributed by atoms with van der Waals surface area (Å²) < 4.78 is 5.44. The second-order valence-electron chi connectivity index (χ2n) is 7.27. The summed E-state index contributed by atoms with van der Waals surface area (Å²) in [5, 5.41) is 0.633. The second kappa shape index (κ2) is 7.38. The van der Waals surface area contributed by atoms with Crippen molar-refractivity contribution in [3.05, 3.63) is 88.8 Å². The third kappa shape index (κ3) is 4.17. The van der Waals surface area contributed by atoms with Crippen molar-refractivity contribution in [3.63, 3.8) is 0 Å². The van der Waals surface area contributed by atoms with Crippen LogP contribution in [-0.4, -0.2) is 5.91 Å². The zero-order valence-corrected chi connectivity index (χ0v) is 16.0. The lowest BCUT2D eigenvalue weighted by atomic mass is 9.86. The Labute approximate surface area is 159 Å². The van der Waals surface area contributed by atoms with Gasteiger partial charge in [0.15, 0.2) is 0 Å². The molecule has 3 nitrogen and oxygen atoms in total. The maximum atomic E-state index is 13.2. The first-order chi connectivity index (χ1) is 12.3. The molecule has 1 aromatic heterocycles. The topological polar surface area (TPSA) is 33.5 Å². The molecule has 0 N–H and O–H groups in total. The average Bonchev–Trinajstić information content (AvgIpc) is 3.13. The molecule has 0 aliphatic rings. The second-order valence-corrected chi connectivity index (χ2v) is 7.71. The molecule has 0 fully saturated rings. The number of rotatable bonds is 4. The number of halogens is 1. The van der Waals surface area contributed by atoms with Crippen LogP contribution in [0.4, 0.5) is 5.69 Å². The van der Waals surface area contributed by atoms with Crippen molar-refractivity contribution in [1.29, 1.82) is 0 Å². The van der Waals surface area contributed by atoms with Crippen LogP contribution < -0.4 is 4.90 Å². The van der Waals surface area contributed by atoms with Crippen LogP contribution in [-0.2, 0) is 12.0 Å². The minimum Gasteiger partial charge on any atom is -0.467 e. The first-order valence-electron chi connectivity index (χ1n) is 8.55. The van der Waals surface area contributed by atoms with E-state index in [1.807, 2.05) is 48.5 Å². The highest BCUT2D eigenvalue weighted by Crippen LogP contribution is 2.25. The standard InChI is InChI=1S/C22H22ClNO2/c1-22(2,3)17-8-6-16(7-9-17)21(25)24(15-20-5-4-14-26-20)19-12-10-18(23)11-13-19/h4-14H,15H2,1-3H3. The van der Waals surface area contributed by atoms with Gasteiger partial charge >= 0.3 is 0 Å². The van der Waals surface area contributed by atoms with Crippen molar-refractivity contribution in [2.75, 3.05) is 4.90 Å². The molecule has 4 heteroatoms. The molecular formula is C22H22ClNO2. The molecule has 0 aliphatic carbocycles. The highest BCUT2D eigenvalue weighted by molar-refractivity contribution is 6.30. The van der Waals surface area contributed by atoms with Gasteiger partial charge in [0.25, 0.3) is 5.91 Å². The minimum absolute atomic E-state index is 0.0472. The zero-order valence-electron chi connectivity index (χ0n) is 15.2. The summed E-state index contributed by atoms with van der Waals surface area (Å²) in [6.07, 6.45) is 1.61. The summed E-state index contributed by atoms with van der Waals surface area (Å²) in [6, 6.07) is 18.7. The van der Waals surface area contributed by atoms with E-state index in [1.54, 1.807) is 23.3 Å². The highest BCUT2D eigenvalue weighted by atomic mass is 35.5. The molecule has 0 spiro atoms. The van der Waals surface area contributed by atoms with E-state index in [4.69, 9.17) is 16.0 Å². The van der Waals surface area contributed by atoms with E-state index in [1.165, 1.54) is 5.56 Å². The van der Waals surface area contributed by atoms with Gasteiger partial charge in [-0.3, -0.25) is 4.79 Å². The predicted octanol–water partition coefficient (Wildman–Crippen LogP) is 6.08. The number of nitrogens with zero attached hydrogens (tertiary/aromatic N) is 1. The molecule has 1 heterocycles. The fourth-order valence-corrected chi connectivity index (χ4v) is 2.85. The molecule has 134 valence electrons. The number of carbonyl (C=O) groups excluding carboxylic acids is 1. The van der Waals surface area contributed by atoms with Gasteiger partial charge in [-0.1, -0.05) is 44.5 Å². The van der Waals surface area contributed by atoms with Gasteiger partial charge in [0.05, 0.1) is 12.8 Å². The Morgan fingerprint density at radius 2 is 1.65 bits per heavy atom. The number of carbonyl (C=O) groups is 1. The van der Waals surface area contributed by atoms with Crippen LogP contribution in [0.5, 0.6) is 0 Å². The van der Waals surface area contributed by atoms with E-state index < -0.39 is 0 Å². The fourth-order valence-electron chi connectivity index (χ4n) is 2.73. The van der Waals surface area contributed by atoms with E-state index in [2.05, 4.69) is 20.8 Å². The third-order valence-corrected chi connectivity index (χ3v) is 4.53. The van der Waals surface area contributed by atoms with Gasteiger partial charge in [0.1, 0.15) is 5.76 Å². The molecular weight excluding hydrogens is 346 g/mol. The van der Waals surface area contributed by atoms with E-state index in [9.17, 15) is 4.79 Å². The molecule has 2 aromatic carbocycles. The van der Waals surface area contributed by atoms with E-state index in [0.29, 0.717) is 17.1 Å². The van der Waals surface area contributed by atoms with E-state index in [0.717, 1.165) is 11.4 Å². The molecule has 0 saturated heterocycles. The first-order valence-corrected chi connectivity index (χ1v) is 8.93. The number of hydrogen-bond donors (Lipinski definition) is 0. The Balaban J connectivity index is 1.92. The lowest BCUT2D eigenvalue weighted by molar-refractivity contribution is 0.0983. The summed E-state index contributed by atoms with van der Waals surface area (Å²) in [6.45, 7) is 6.82. The fraction of sp³-hybridized carbons (Fsp3) is 0.227. The van der Waals surface area contributed by atoms with Crippen molar-refractivity contribution in [1.82, 2.24) is 0 Å². The summed E-state index contributed by atoms with van der Waals surface area (Å²) in [7, 11) is 0. The molecule has 0 radical (unpaired) electrons. The molecule has 0 unspecified atom stereocenters. The van der Waals surface area contributed by atoms with Crippen LogP contribution in [0.15, 0.2) is 71.3 Å². The molecule has 26 heavy (non-hydrogen) atoms. The Morgan fingerprint density at radius 3 is 2.19 bits per heavy atom. The van der Waals surface area contributed by atoms with Crippen LogP contribution in [0.1, 0.15) is 42.5 Å². The van der Waals surface area contributed by atoms with E-state index >= 15 is 0 Å². The van der Waals surface area contributed by atoms with Crippen molar-refractivity contribution >= 4 is 23.2 Å². The average molecular weight is 368 g/mol. The minimum atomic E-state index is -0.0795. The molecule has 1 amide bonds. The molecule has 3 rings (SSSR count). The lowest BCUT2D eigenvalue weighted by Crippen LogP contribution is -2.30. The molecule has 0 aliphatic heterocycles. The van der Waals surface area contributed by atoms with Crippen molar-refractivity contribution in [3.8, 4) is 0 Å². The molecule has 0 atom stereocenters. The zero-order chi connectivity index (χ0) is 18.7. The van der Waals surface area contributed by atoms with Gasteiger partial charge in [-0.05, 0) is 59.5 Å². The number of anilines is 1. The molecule has 0 bridgehead atoms. The summed E-state index contributed by atoms with van der Waals surface area (Å²) in [5.74, 6) is 0.642. The normalized spacial score (nSPS) is 11.4. The summed E-state index contributed by atoms with van der Waals surface area (Å²) in [4.78, 5) is 14.9. The Hall–Kier alpha value is -2.52. The van der Waals surface area contributed by atoms with Crippen LogP contribution in [0.25, 0.3) is 0 Å². The third-order valence-electron chi connectivity index (χ3n) is 4.28. The van der Waals surface area contributed by atoms with Gasteiger partial charge in [-0.25, -0.2) is 0 Å². The highest BCUT2D eigenvalue weighted by Gasteiger charge is 2.20. The van der Waals surface area contributed by atoms with Crippen molar-refractivity contribution in [2.24, 2.45) is 0 Å². The molecule has 3 aromatic rings. The number of furan rings is 1. The van der Waals surface area contributed by atoms with Crippen LogP contribution >= 0.6 is 11.6 Å². The number of hydrogen-bond acceptors (Lipinski definition) is 2. The van der Waals surface area contributed by atoms with Gasteiger partial charge in [-0.15, -0.1) is 0 Å². The van der Waals surface area contributed by atoms with Crippen LogP contribution in [0.3, 0.4) is 0 Å². The van der Waals surface area contributed by atoms with E-state index in [-0.39, 0.29) is 11.3 Å². The van der Waals surface area contributed by atoms with Crippen molar-refractivity contribution < 1.29 is 9.21 Å². The summed E-state index contributed by atoms with van der Waals surface area (Å²) >= 11 is 5.99. The SMILES string of the molecule is CC(C)(C)c1ccc(C(=O)N(Cc2ccco2)c2ccc(Cl)cc2)cc1. The lowest BCUT2D eigenvalue weighted by Gasteiger charge is -2.23. The smallest absolute Gasteiger partial charge is 0.258 e. The summed E-state index contributed by atoms with van der Waals surface area (Å²) in [5.41, 5.74) is 2.65. The Kier molecular flexibility index (Phi) is 5.19. The van der Waals surface area contributed by atoms with Gasteiger partial charge < -0.3 is 9.32 Å². The maximum Gasteiger partial charge on any atom is 0.258 e. The first kappa shape index (κ1) is 18.3. The van der Waals surface area contributed by atoms with Crippen LogP contribution in [0, 0.1) is 0 Å². The number of benzene rings is 2. The number of amides is 1. The van der Waals surface area contributed by atoms with Gasteiger partial charge in [-0.2, -0.15) is 0 Å².